The number of nitrogens with zero attached hydrogens (tertiary/aromatic N) is 1. The first-order valence-electron chi connectivity index (χ1n) is 5.73. The Morgan fingerprint density at radius 3 is 2.79 bits per heavy atom. The Kier molecular flexibility index (Phi) is 5.30. The Labute approximate surface area is 111 Å². The zero-order valence-corrected chi connectivity index (χ0v) is 10.8. The molecular weight excluding hydrogens is 244 g/mol. The first kappa shape index (κ1) is 14.5. The van der Waals surface area contributed by atoms with E-state index in [4.69, 9.17) is 10.00 Å². The number of ether oxygens (including phenoxy) is 1. The van der Waals surface area contributed by atoms with Gasteiger partial charge in [0.15, 0.2) is 11.4 Å². The van der Waals surface area contributed by atoms with Crippen LogP contribution in [-0.2, 0) is 9.53 Å². The molecule has 98 valence electrons. The van der Waals surface area contributed by atoms with Crippen molar-refractivity contribution in [1.82, 2.24) is 0 Å². The number of rotatable bonds is 5. The second-order valence-corrected chi connectivity index (χ2v) is 3.67. The maximum atomic E-state index is 11.4. The number of carbonyl (C=O) groups excluding carboxylic acids is 2. The van der Waals surface area contributed by atoms with E-state index in [0.29, 0.717) is 11.3 Å². The Bertz CT molecular complexity index is 556. The standard InChI is InChI=1S/C14H14N2O3/c1-3-19-14(18)12(8-15)9-16-13-6-4-5-11(7-13)10(2)17/h4-7,9,16H,3H2,1-2H3/b12-9+. The molecule has 0 radical (unpaired) electrons. The highest BCUT2D eigenvalue weighted by atomic mass is 16.5. The Morgan fingerprint density at radius 2 is 2.21 bits per heavy atom. The van der Waals surface area contributed by atoms with Gasteiger partial charge in [-0.3, -0.25) is 4.79 Å². The van der Waals surface area contributed by atoms with Gasteiger partial charge in [-0.2, -0.15) is 5.26 Å². The van der Waals surface area contributed by atoms with E-state index in [1.807, 2.05) is 0 Å². The van der Waals surface area contributed by atoms with E-state index in [1.54, 1.807) is 37.3 Å². The molecule has 0 heterocycles. The third-order valence-electron chi connectivity index (χ3n) is 2.27. The first-order valence-corrected chi connectivity index (χ1v) is 5.73. The fraction of sp³-hybridized carbons (Fsp3) is 0.214. The van der Waals surface area contributed by atoms with Crippen LogP contribution in [0, 0.1) is 11.3 Å². The van der Waals surface area contributed by atoms with E-state index in [-0.39, 0.29) is 18.0 Å². The molecule has 0 unspecified atom stereocenters. The van der Waals surface area contributed by atoms with Crippen LogP contribution in [0.25, 0.3) is 0 Å². The molecule has 0 aliphatic rings. The molecule has 1 rings (SSSR count). The minimum atomic E-state index is -0.680. The van der Waals surface area contributed by atoms with Crippen molar-refractivity contribution in [3.05, 3.63) is 41.6 Å². The molecule has 5 heteroatoms. The summed E-state index contributed by atoms with van der Waals surface area (Å²) in [5.74, 6) is -0.737. The van der Waals surface area contributed by atoms with Crippen molar-refractivity contribution in [2.75, 3.05) is 11.9 Å². The molecule has 0 atom stereocenters. The van der Waals surface area contributed by atoms with E-state index in [1.165, 1.54) is 13.1 Å². The topological polar surface area (TPSA) is 79.2 Å². The van der Waals surface area contributed by atoms with Gasteiger partial charge in [0.25, 0.3) is 0 Å². The summed E-state index contributed by atoms with van der Waals surface area (Å²) in [6.45, 7) is 3.34. The number of esters is 1. The predicted molar refractivity (Wildman–Crippen MR) is 70.4 cm³/mol. The minimum Gasteiger partial charge on any atom is -0.462 e. The van der Waals surface area contributed by atoms with Gasteiger partial charge in [-0.1, -0.05) is 12.1 Å². The van der Waals surface area contributed by atoms with Gasteiger partial charge in [0, 0.05) is 17.5 Å². The number of carbonyl (C=O) groups is 2. The summed E-state index contributed by atoms with van der Waals surface area (Å²) in [6.07, 6.45) is 1.26. The largest absolute Gasteiger partial charge is 0.462 e. The van der Waals surface area contributed by atoms with Crippen molar-refractivity contribution in [3.63, 3.8) is 0 Å². The van der Waals surface area contributed by atoms with Crippen LogP contribution in [0.2, 0.25) is 0 Å². The van der Waals surface area contributed by atoms with Crippen molar-refractivity contribution in [2.45, 2.75) is 13.8 Å². The number of ketones is 1. The number of nitrogens with one attached hydrogen (secondary N) is 1. The van der Waals surface area contributed by atoms with Gasteiger partial charge >= 0.3 is 5.97 Å². The highest BCUT2D eigenvalue weighted by Crippen LogP contribution is 2.11. The fourth-order valence-electron chi connectivity index (χ4n) is 1.33. The number of hydrogen-bond donors (Lipinski definition) is 1. The van der Waals surface area contributed by atoms with Gasteiger partial charge < -0.3 is 10.1 Å². The Balaban J connectivity index is 2.84. The molecule has 1 aromatic rings. The highest BCUT2D eigenvalue weighted by Gasteiger charge is 2.09. The second kappa shape index (κ2) is 6.97. The molecule has 0 bridgehead atoms. The van der Waals surface area contributed by atoms with Crippen molar-refractivity contribution >= 4 is 17.4 Å². The van der Waals surface area contributed by atoms with Gasteiger partial charge in [0.1, 0.15) is 6.07 Å². The number of anilines is 1. The SMILES string of the molecule is CCOC(=O)/C(C#N)=C/Nc1cccc(C(C)=O)c1. The monoisotopic (exact) mass is 258 g/mol. The normalized spacial score (nSPS) is 10.5. The van der Waals surface area contributed by atoms with Crippen LogP contribution >= 0.6 is 0 Å². The average molecular weight is 258 g/mol. The van der Waals surface area contributed by atoms with Crippen LogP contribution in [0.1, 0.15) is 24.2 Å². The van der Waals surface area contributed by atoms with E-state index >= 15 is 0 Å². The summed E-state index contributed by atoms with van der Waals surface area (Å²) in [6, 6.07) is 8.51. The summed E-state index contributed by atoms with van der Waals surface area (Å²) in [4.78, 5) is 22.6. The summed E-state index contributed by atoms with van der Waals surface area (Å²) in [5, 5.41) is 11.6. The lowest BCUT2D eigenvalue weighted by atomic mass is 10.1. The van der Waals surface area contributed by atoms with Crippen LogP contribution in [0.3, 0.4) is 0 Å². The zero-order chi connectivity index (χ0) is 14.3. The highest BCUT2D eigenvalue weighted by molar-refractivity contribution is 5.95. The van der Waals surface area contributed by atoms with Crippen LogP contribution in [0.5, 0.6) is 0 Å². The molecule has 5 nitrogen and oxygen atoms in total. The molecule has 0 aromatic heterocycles. The number of hydrogen-bond acceptors (Lipinski definition) is 5. The molecule has 0 spiro atoms. The molecule has 1 N–H and O–H groups in total. The van der Waals surface area contributed by atoms with Gasteiger partial charge in [-0.15, -0.1) is 0 Å². The molecule has 0 fully saturated rings. The Hall–Kier alpha value is -2.61. The molecule has 0 saturated heterocycles. The summed E-state index contributed by atoms with van der Waals surface area (Å²) >= 11 is 0. The summed E-state index contributed by atoms with van der Waals surface area (Å²) < 4.78 is 4.72. The molecule has 0 aliphatic carbocycles. The lowest BCUT2D eigenvalue weighted by Crippen LogP contribution is -2.08. The fourth-order valence-corrected chi connectivity index (χ4v) is 1.33. The van der Waals surface area contributed by atoms with Crippen LogP contribution in [0.15, 0.2) is 36.0 Å². The number of nitriles is 1. The van der Waals surface area contributed by atoms with Crippen molar-refractivity contribution in [2.24, 2.45) is 0 Å². The van der Waals surface area contributed by atoms with Gasteiger partial charge in [-0.25, -0.2) is 4.79 Å². The van der Waals surface area contributed by atoms with Gasteiger partial charge in [0.05, 0.1) is 6.61 Å². The number of Topliss-reactive ketones (excluding diaryl/α,β-unsaturated/α-hetero) is 1. The molecule has 0 amide bonds. The van der Waals surface area contributed by atoms with Crippen molar-refractivity contribution in [3.8, 4) is 6.07 Å². The average Bonchev–Trinajstić information content (AvgIpc) is 2.40. The van der Waals surface area contributed by atoms with Crippen molar-refractivity contribution < 1.29 is 14.3 Å². The lowest BCUT2D eigenvalue weighted by molar-refractivity contribution is -0.138. The first-order chi connectivity index (χ1) is 9.08. The van der Waals surface area contributed by atoms with Gasteiger partial charge in [0.2, 0.25) is 0 Å². The molecule has 19 heavy (non-hydrogen) atoms. The van der Waals surface area contributed by atoms with E-state index < -0.39 is 5.97 Å². The molecule has 1 aromatic carbocycles. The Morgan fingerprint density at radius 1 is 1.47 bits per heavy atom. The van der Waals surface area contributed by atoms with Gasteiger partial charge in [-0.05, 0) is 26.0 Å². The number of benzene rings is 1. The van der Waals surface area contributed by atoms with E-state index in [0.717, 1.165) is 0 Å². The maximum absolute atomic E-state index is 11.4. The third kappa shape index (κ3) is 4.28. The smallest absolute Gasteiger partial charge is 0.350 e. The minimum absolute atomic E-state index is 0.0569. The van der Waals surface area contributed by atoms with E-state index in [2.05, 4.69) is 5.32 Å². The zero-order valence-electron chi connectivity index (χ0n) is 10.8. The molecule has 0 aliphatic heterocycles. The second-order valence-electron chi connectivity index (χ2n) is 3.67. The predicted octanol–water partition coefficient (Wildman–Crippen LogP) is 2.27. The van der Waals surface area contributed by atoms with Crippen LogP contribution < -0.4 is 5.32 Å². The summed E-state index contributed by atoms with van der Waals surface area (Å²) in [7, 11) is 0. The van der Waals surface area contributed by atoms with Crippen LogP contribution in [-0.4, -0.2) is 18.4 Å². The molecule has 0 saturated carbocycles. The quantitative estimate of drug-likeness (QED) is 0.379. The molecular formula is C14H14N2O3. The summed E-state index contributed by atoms with van der Waals surface area (Å²) in [5.41, 5.74) is 1.04. The van der Waals surface area contributed by atoms with E-state index in [9.17, 15) is 9.59 Å². The third-order valence-corrected chi connectivity index (χ3v) is 2.27. The van der Waals surface area contributed by atoms with Crippen LogP contribution in [0.4, 0.5) is 5.69 Å². The maximum Gasteiger partial charge on any atom is 0.350 e. The lowest BCUT2D eigenvalue weighted by Gasteiger charge is -2.04. The van der Waals surface area contributed by atoms with Crippen molar-refractivity contribution in [1.29, 1.82) is 5.26 Å².